The molecule has 6 heteroatoms. The normalized spacial score (nSPS) is 15.7. The number of halogens is 1. The Hall–Kier alpha value is -2.79. The van der Waals surface area contributed by atoms with Gasteiger partial charge in [-0.2, -0.15) is 0 Å². The molecule has 0 aromatic heterocycles. The fraction of sp³-hybridized carbons (Fsp3) is 0.333. The predicted octanol–water partition coefficient (Wildman–Crippen LogP) is 5.40. The number of hydrogen-bond donors (Lipinski definition) is 1. The molecule has 0 saturated heterocycles. The Morgan fingerprint density at radius 2 is 2.00 bits per heavy atom. The van der Waals surface area contributed by atoms with Crippen LogP contribution < -0.4 is 15.0 Å². The van der Waals surface area contributed by atoms with Gasteiger partial charge in [0.15, 0.2) is 0 Å². The molecule has 1 N–H and O–H groups in total. The number of amides is 2. The van der Waals surface area contributed by atoms with Crippen molar-refractivity contribution in [2.45, 2.75) is 27.7 Å². The van der Waals surface area contributed by atoms with E-state index in [2.05, 4.69) is 19.2 Å². The number of hydrogen-bond acceptors (Lipinski definition) is 3. The van der Waals surface area contributed by atoms with E-state index in [0.717, 1.165) is 5.56 Å². The van der Waals surface area contributed by atoms with Gasteiger partial charge in [0.05, 0.1) is 11.1 Å². The van der Waals surface area contributed by atoms with Gasteiger partial charge >= 0.3 is 0 Å². The Bertz CT molecular complexity index is 982. The molecule has 1 aliphatic rings. The maximum atomic E-state index is 13.1. The van der Waals surface area contributed by atoms with Gasteiger partial charge < -0.3 is 15.0 Å². The molecule has 0 saturated carbocycles. The van der Waals surface area contributed by atoms with E-state index in [9.17, 15) is 9.59 Å². The molecule has 0 bridgehead atoms. The molecule has 0 spiro atoms. The average Bonchev–Trinajstić information content (AvgIpc) is 2.77. The van der Waals surface area contributed by atoms with Crippen molar-refractivity contribution in [2.75, 3.05) is 23.4 Å². The number of fused-ring (bicyclic) bond motifs is 1. The molecule has 0 fully saturated rings. The molecule has 2 aromatic carbocycles. The van der Waals surface area contributed by atoms with Crippen LogP contribution in [-0.2, 0) is 9.59 Å². The highest BCUT2D eigenvalue weighted by molar-refractivity contribution is 6.32. The lowest BCUT2D eigenvalue weighted by Crippen LogP contribution is -2.43. The molecule has 30 heavy (non-hydrogen) atoms. The minimum absolute atomic E-state index is 0.0111. The quantitative estimate of drug-likeness (QED) is 0.651. The van der Waals surface area contributed by atoms with Gasteiger partial charge in [0.2, 0.25) is 11.8 Å². The summed E-state index contributed by atoms with van der Waals surface area (Å²) < 4.78 is 5.92. The molecule has 158 valence electrons. The smallest absolute Gasteiger partial charge is 0.248 e. The van der Waals surface area contributed by atoms with Crippen LogP contribution in [0, 0.1) is 11.3 Å². The molecular formula is C24H27ClN2O3. The topological polar surface area (TPSA) is 58.6 Å². The summed E-state index contributed by atoms with van der Waals surface area (Å²) in [6, 6.07) is 12.7. The zero-order valence-corrected chi connectivity index (χ0v) is 18.5. The first-order valence-electron chi connectivity index (χ1n) is 10.00. The largest absolute Gasteiger partial charge is 0.490 e. The van der Waals surface area contributed by atoms with E-state index >= 15 is 0 Å². The third-order valence-corrected chi connectivity index (χ3v) is 5.14. The van der Waals surface area contributed by atoms with Gasteiger partial charge in [-0.05, 0) is 55.7 Å². The van der Waals surface area contributed by atoms with Crippen LogP contribution in [0.4, 0.5) is 11.4 Å². The molecule has 3 rings (SSSR count). The average molecular weight is 427 g/mol. The fourth-order valence-corrected chi connectivity index (χ4v) is 3.43. The Kier molecular flexibility index (Phi) is 6.52. The highest BCUT2D eigenvalue weighted by Crippen LogP contribution is 2.38. The van der Waals surface area contributed by atoms with E-state index in [0.29, 0.717) is 35.3 Å². The summed E-state index contributed by atoms with van der Waals surface area (Å²) in [6.07, 6.45) is 3.10. The number of rotatable bonds is 5. The van der Waals surface area contributed by atoms with Crippen molar-refractivity contribution in [3.05, 3.63) is 59.1 Å². The third-order valence-electron chi connectivity index (χ3n) is 4.80. The number of anilines is 2. The number of ether oxygens (including phenoxy) is 1. The molecule has 0 aliphatic carbocycles. The molecule has 2 aromatic rings. The lowest BCUT2D eigenvalue weighted by Gasteiger charge is -2.29. The van der Waals surface area contributed by atoms with Crippen LogP contribution in [0.3, 0.4) is 0 Å². The Morgan fingerprint density at radius 3 is 2.70 bits per heavy atom. The standard InChI is InChI=1S/C24H27ClN2O3/c1-16(2)14-27-20-13-18(10-11-21(20)30-15-24(3,4)23(27)29)26-22(28)12-9-17-7-5-6-8-19(17)25/h5-13,16H,14-15H2,1-4H3,(H,26,28)/b12-9+. The first-order chi connectivity index (χ1) is 14.2. The van der Waals surface area contributed by atoms with E-state index in [1.807, 2.05) is 32.0 Å². The van der Waals surface area contributed by atoms with Gasteiger partial charge in [-0.3, -0.25) is 9.59 Å². The van der Waals surface area contributed by atoms with Crippen LogP contribution in [0.25, 0.3) is 6.08 Å². The minimum atomic E-state index is -0.630. The van der Waals surface area contributed by atoms with Gasteiger partial charge in [0, 0.05) is 23.3 Å². The van der Waals surface area contributed by atoms with Gasteiger partial charge in [0.1, 0.15) is 12.4 Å². The van der Waals surface area contributed by atoms with E-state index in [1.165, 1.54) is 6.08 Å². The molecule has 0 radical (unpaired) electrons. The Balaban J connectivity index is 1.84. The van der Waals surface area contributed by atoms with Crippen LogP contribution in [0.5, 0.6) is 5.75 Å². The molecular weight excluding hydrogens is 400 g/mol. The molecule has 0 atom stereocenters. The van der Waals surface area contributed by atoms with Gasteiger partial charge in [-0.15, -0.1) is 0 Å². The molecule has 0 unspecified atom stereocenters. The molecule has 1 aliphatic heterocycles. The summed E-state index contributed by atoms with van der Waals surface area (Å²) in [5.41, 5.74) is 1.40. The van der Waals surface area contributed by atoms with Crippen LogP contribution in [0.15, 0.2) is 48.5 Å². The van der Waals surface area contributed by atoms with Gasteiger partial charge in [0.25, 0.3) is 0 Å². The first-order valence-corrected chi connectivity index (χ1v) is 10.4. The monoisotopic (exact) mass is 426 g/mol. The van der Waals surface area contributed by atoms with Crippen molar-refractivity contribution in [3.63, 3.8) is 0 Å². The molecule has 1 heterocycles. The summed E-state index contributed by atoms with van der Waals surface area (Å²) in [6.45, 7) is 8.78. The van der Waals surface area contributed by atoms with Crippen LogP contribution in [-0.4, -0.2) is 25.0 Å². The van der Waals surface area contributed by atoms with Crippen molar-refractivity contribution >= 4 is 40.9 Å². The van der Waals surface area contributed by atoms with Gasteiger partial charge in [-0.25, -0.2) is 0 Å². The van der Waals surface area contributed by atoms with Crippen molar-refractivity contribution in [3.8, 4) is 5.75 Å². The number of carbonyl (C=O) groups is 2. The van der Waals surface area contributed by atoms with E-state index < -0.39 is 5.41 Å². The zero-order valence-electron chi connectivity index (χ0n) is 17.7. The summed E-state index contributed by atoms with van der Waals surface area (Å²) in [4.78, 5) is 27.3. The second-order valence-electron chi connectivity index (χ2n) is 8.51. The lowest BCUT2D eigenvalue weighted by molar-refractivity contribution is -0.127. The maximum absolute atomic E-state index is 13.1. The fourth-order valence-electron chi connectivity index (χ4n) is 3.23. The number of benzene rings is 2. The lowest BCUT2D eigenvalue weighted by atomic mass is 9.92. The summed E-state index contributed by atoms with van der Waals surface area (Å²) in [5.74, 6) is 0.648. The second-order valence-corrected chi connectivity index (χ2v) is 8.92. The van der Waals surface area contributed by atoms with E-state index in [1.54, 1.807) is 35.2 Å². The van der Waals surface area contributed by atoms with Crippen molar-refractivity contribution in [1.29, 1.82) is 0 Å². The van der Waals surface area contributed by atoms with Crippen molar-refractivity contribution in [1.82, 2.24) is 0 Å². The SMILES string of the molecule is CC(C)CN1C(=O)C(C)(C)COc2ccc(NC(=O)/C=C/c3ccccc3Cl)cc21. The van der Waals surface area contributed by atoms with Gasteiger partial charge in [-0.1, -0.05) is 43.6 Å². The second kappa shape index (κ2) is 8.92. The number of nitrogens with one attached hydrogen (secondary N) is 1. The number of carbonyl (C=O) groups excluding carboxylic acids is 2. The molecule has 5 nitrogen and oxygen atoms in total. The Labute approximate surface area is 182 Å². The minimum Gasteiger partial charge on any atom is -0.490 e. The summed E-state index contributed by atoms with van der Waals surface area (Å²) in [5, 5.41) is 3.43. The van der Waals surface area contributed by atoms with E-state index in [-0.39, 0.29) is 17.7 Å². The van der Waals surface area contributed by atoms with E-state index in [4.69, 9.17) is 16.3 Å². The van der Waals surface area contributed by atoms with Crippen LogP contribution >= 0.6 is 11.6 Å². The zero-order chi connectivity index (χ0) is 21.9. The van der Waals surface area contributed by atoms with Crippen molar-refractivity contribution < 1.29 is 14.3 Å². The summed E-state index contributed by atoms with van der Waals surface area (Å²) >= 11 is 6.12. The third kappa shape index (κ3) is 5.03. The van der Waals surface area contributed by atoms with Crippen LogP contribution in [0.1, 0.15) is 33.3 Å². The first kappa shape index (κ1) is 21.9. The van der Waals surface area contributed by atoms with Crippen molar-refractivity contribution in [2.24, 2.45) is 11.3 Å². The summed E-state index contributed by atoms with van der Waals surface area (Å²) in [7, 11) is 0. The highest BCUT2D eigenvalue weighted by atomic mass is 35.5. The highest BCUT2D eigenvalue weighted by Gasteiger charge is 2.38. The van der Waals surface area contributed by atoms with Crippen LogP contribution in [0.2, 0.25) is 5.02 Å². The number of nitrogens with zero attached hydrogens (tertiary/aromatic N) is 1. The maximum Gasteiger partial charge on any atom is 0.248 e. The Morgan fingerprint density at radius 1 is 1.27 bits per heavy atom. The molecule has 2 amide bonds. The predicted molar refractivity (Wildman–Crippen MR) is 122 cm³/mol.